The number of hydrogen-bond acceptors (Lipinski definition) is 5. The fraction of sp³-hybridized carbons (Fsp3) is 0.593. The molecule has 0 rings (SSSR count). The van der Waals surface area contributed by atoms with Crippen molar-refractivity contribution in [1.82, 2.24) is 0 Å². The van der Waals surface area contributed by atoms with Gasteiger partial charge in [-0.05, 0) is 122 Å². The van der Waals surface area contributed by atoms with Gasteiger partial charge >= 0.3 is 11.9 Å². The normalized spacial score (nSPS) is 13.4. The smallest absolute Gasteiger partial charge is 0.306 e. The molecule has 0 spiro atoms. The van der Waals surface area contributed by atoms with Gasteiger partial charge in [-0.2, -0.15) is 0 Å². The topological polar surface area (TPSA) is 61.8 Å². The molecule has 0 amide bonds. The summed E-state index contributed by atoms with van der Waals surface area (Å²) >= 11 is 0. The van der Waals surface area contributed by atoms with Crippen molar-refractivity contribution in [1.29, 1.82) is 0 Å². The van der Waals surface area contributed by atoms with E-state index in [-0.39, 0.29) is 25.2 Å². The van der Waals surface area contributed by atoms with Crippen LogP contribution in [0.4, 0.5) is 0 Å². The van der Waals surface area contributed by atoms with Crippen LogP contribution in [0.1, 0.15) is 201 Å². The first-order valence-corrected chi connectivity index (χ1v) is 25.7. The van der Waals surface area contributed by atoms with Gasteiger partial charge in [0.05, 0.1) is 6.61 Å². The fourth-order valence-corrected chi connectivity index (χ4v) is 6.46. The summed E-state index contributed by atoms with van der Waals surface area (Å²) in [5.74, 6) is -0.499. The summed E-state index contributed by atoms with van der Waals surface area (Å²) in [6, 6.07) is 0. The second-order valence-electron chi connectivity index (χ2n) is 16.3. The highest BCUT2D eigenvalue weighted by Crippen LogP contribution is 2.12. The molecule has 0 aromatic heterocycles. The van der Waals surface area contributed by atoms with Gasteiger partial charge in [-0.25, -0.2) is 0 Å². The molecule has 0 heterocycles. The van der Waals surface area contributed by atoms with E-state index in [1.54, 1.807) is 0 Å². The lowest BCUT2D eigenvalue weighted by Gasteiger charge is -2.18. The Balaban J connectivity index is 4.44. The molecule has 64 heavy (non-hydrogen) atoms. The summed E-state index contributed by atoms with van der Waals surface area (Å²) in [5, 5.41) is 0. The SMILES string of the molecule is CC/C=C\C/C=C\C/C=C\C/C=C\C/C=C\CCCC(=O)OCC(COCCCCCC/C=C\C/C=C\C/C=C\CC)OC(=O)CCCCCCCCC/C=C\C/C=C\C/C=C\CC. The van der Waals surface area contributed by atoms with Gasteiger partial charge in [-0.3, -0.25) is 9.59 Å². The van der Waals surface area contributed by atoms with E-state index in [1.807, 2.05) is 0 Å². The summed E-state index contributed by atoms with van der Waals surface area (Å²) in [6.07, 6.45) is 76.1. The molecule has 0 aliphatic carbocycles. The second-order valence-corrected chi connectivity index (χ2v) is 16.3. The van der Waals surface area contributed by atoms with Crippen LogP contribution in [-0.2, 0) is 23.8 Å². The third-order valence-corrected chi connectivity index (χ3v) is 10.2. The maximum absolute atomic E-state index is 12.8. The standard InChI is InChI=1S/C59H94O5/c1-4-7-10-13-16-19-22-25-28-30-32-34-37-40-43-46-49-52-58(60)63-56-57(55-62-54-51-48-45-42-39-36-27-24-21-18-15-12-9-6-3)64-59(61)53-50-47-44-41-38-35-33-31-29-26-23-20-17-14-11-8-5-2/h7-12,16-21,25-29,32,34,36,40,43,57H,4-6,13-15,22-24,30-31,33,35,37-39,41-42,44-56H2,1-3H3/b10-7-,11-8-,12-9-,19-16-,20-17-,21-18-,28-25-,29-26-,34-32-,36-27-,43-40-. The number of ether oxygens (including phenoxy) is 3. The molecule has 0 fully saturated rings. The van der Waals surface area contributed by atoms with Crippen molar-refractivity contribution >= 4 is 11.9 Å². The van der Waals surface area contributed by atoms with Crippen molar-refractivity contribution < 1.29 is 23.8 Å². The van der Waals surface area contributed by atoms with Gasteiger partial charge in [0.2, 0.25) is 0 Å². The first-order chi connectivity index (χ1) is 31.6. The number of hydrogen-bond donors (Lipinski definition) is 0. The highest BCUT2D eigenvalue weighted by atomic mass is 16.6. The lowest BCUT2D eigenvalue weighted by Crippen LogP contribution is -2.30. The van der Waals surface area contributed by atoms with E-state index in [4.69, 9.17) is 14.2 Å². The summed E-state index contributed by atoms with van der Waals surface area (Å²) in [5.41, 5.74) is 0. The van der Waals surface area contributed by atoms with Gasteiger partial charge in [0, 0.05) is 19.4 Å². The molecule has 0 N–H and O–H groups in total. The van der Waals surface area contributed by atoms with Crippen LogP contribution in [0.2, 0.25) is 0 Å². The van der Waals surface area contributed by atoms with Crippen molar-refractivity contribution in [3.05, 3.63) is 134 Å². The number of rotatable bonds is 45. The van der Waals surface area contributed by atoms with Crippen molar-refractivity contribution in [2.75, 3.05) is 19.8 Å². The van der Waals surface area contributed by atoms with Gasteiger partial charge in [0.25, 0.3) is 0 Å². The van der Waals surface area contributed by atoms with Crippen LogP contribution in [0, 0.1) is 0 Å². The van der Waals surface area contributed by atoms with E-state index < -0.39 is 6.10 Å². The lowest BCUT2D eigenvalue weighted by molar-refractivity contribution is -0.163. The number of esters is 2. The molecule has 0 radical (unpaired) electrons. The van der Waals surface area contributed by atoms with Crippen LogP contribution in [-0.4, -0.2) is 37.9 Å². The van der Waals surface area contributed by atoms with E-state index >= 15 is 0 Å². The molecule has 0 aliphatic heterocycles. The van der Waals surface area contributed by atoms with Crippen LogP contribution in [0.5, 0.6) is 0 Å². The van der Waals surface area contributed by atoms with Crippen molar-refractivity contribution in [2.24, 2.45) is 0 Å². The second kappa shape index (κ2) is 53.4. The Labute approximate surface area is 394 Å². The van der Waals surface area contributed by atoms with Gasteiger partial charge < -0.3 is 14.2 Å². The van der Waals surface area contributed by atoms with E-state index in [0.717, 1.165) is 135 Å². The van der Waals surface area contributed by atoms with E-state index in [1.165, 1.54) is 32.1 Å². The van der Waals surface area contributed by atoms with E-state index in [9.17, 15) is 9.59 Å². The number of carbonyl (C=O) groups excluding carboxylic acids is 2. The molecule has 0 saturated heterocycles. The highest BCUT2D eigenvalue weighted by Gasteiger charge is 2.17. The minimum atomic E-state index is -0.586. The summed E-state index contributed by atoms with van der Waals surface area (Å²) in [4.78, 5) is 25.4. The van der Waals surface area contributed by atoms with Crippen LogP contribution >= 0.6 is 0 Å². The molecule has 1 unspecified atom stereocenters. The predicted molar refractivity (Wildman–Crippen MR) is 278 cm³/mol. The molecule has 0 aliphatic rings. The number of carbonyl (C=O) groups is 2. The first kappa shape index (κ1) is 60.0. The predicted octanol–water partition coefficient (Wildman–Crippen LogP) is 17.6. The summed E-state index contributed by atoms with van der Waals surface area (Å²) in [7, 11) is 0. The fourth-order valence-electron chi connectivity index (χ4n) is 6.46. The molecule has 5 heteroatoms. The summed E-state index contributed by atoms with van der Waals surface area (Å²) < 4.78 is 17.3. The Kier molecular flexibility index (Phi) is 50.1. The van der Waals surface area contributed by atoms with Crippen LogP contribution in [0.25, 0.3) is 0 Å². The molecular formula is C59H94O5. The minimum absolute atomic E-state index is 0.0335. The largest absolute Gasteiger partial charge is 0.462 e. The van der Waals surface area contributed by atoms with Crippen molar-refractivity contribution in [3.8, 4) is 0 Å². The van der Waals surface area contributed by atoms with Crippen molar-refractivity contribution in [2.45, 2.75) is 207 Å². The van der Waals surface area contributed by atoms with E-state index in [0.29, 0.717) is 19.4 Å². The minimum Gasteiger partial charge on any atom is -0.462 e. The average molecular weight is 883 g/mol. The highest BCUT2D eigenvalue weighted by molar-refractivity contribution is 5.70. The maximum atomic E-state index is 12.8. The molecule has 1 atom stereocenters. The number of allylic oxidation sites excluding steroid dienone is 22. The monoisotopic (exact) mass is 883 g/mol. The van der Waals surface area contributed by atoms with Crippen LogP contribution < -0.4 is 0 Å². The Morgan fingerprint density at radius 2 is 0.672 bits per heavy atom. The van der Waals surface area contributed by atoms with Gasteiger partial charge in [-0.1, -0.05) is 199 Å². The van der Waals surface area contributed by atoms with E-state index in [2.05, 4.69) is 154 Å². The Hall–Kier alpha value is -3.96. The molecule has 0 bridgehead atoms. The number of unbranched alkanes of at least 4 members (excludes halogenated alkanes) is 12. The van der Waals surface area contributed by atoms with Gasteiger partial charge in [0.1, 0.15) is 6.61 Å². The third kappa shape index (κ3) is 50.7. The summed E-state index contributed by atoms with van der Waals surface area (Å²) in [6.45, 7) is 7.35. The molecule has 0 aromatic rings. The van der Waals surface area contributed by atoms with Crippen molar-refractivity contribution in [3.63, 3.8) is 0 Å². The zero-order valence-electron chi connectivity index (χ0n) is 41.2. The lowest BCUT2D eigenvalue weighted by atomic mass is 10.1. The van der Waals surface area contributed by atoms with Gasteiger partial charge in [0.15, 0.2) is 6.10 Å². The van der Waals surface area contributed by atoms with Gasteiger partial charge in [-0.15, -0.1) is 0 Å². The first-order valence-electron chi connectivity index (χ1n) is 25.7. The van der Waals surface area contributed by atoms with Crippen LogP contribution in [0.15, 0.2) is 134 Å². The molecule has 0 aromatic carbocycles. The third-order valence-electron chi connectivity index (χ3n) is 10.2. The quantitative estimate of drug-likeness (QED) is 0.0346. The zero-order chi connectivity index (χ0) is 46.3. The van der Waals surface area contributed by atoms with Crippen LogP contribution in [0.3, 0.4) is 0 Å². The maximum Gasteiger partial charge on any atom is 0.306 e. The Morgan fingerprint density at radius 3 is 1.09 bits per heavy atom. The Morgan fingerprint density at radius 1 is 0.344 bits per heavy atom. The Bertz CT molecular complexity index is 1370. The molecule has 360 valence electrons. The molecule has 0 saturated carbocycles. The zero-order valence-corrected chi connectivity index (χ0v) is 41.2. The average Bonchev–Trinajstić information content (AvgIpc) is 3.30. The molecular weight excluding hydrogens is 789 g/mol. The molecule has 5 nitrogen and oxygen atoms in total.